The second-order valence-electron chi connectivity index (χ2n) is 5.71. The van der Waals surface area contributed by atoms with Crippen LogP contribution < -0.4 is 5.32 Å². The number of esters is 1. The van der Waals surface area contributed by atoms with Crippen LogP contribution in [0, 0.1) is 0 Å². The van der Waals surface area contributed by atoms with Gasteiger partial charge in [-0.1, -0.05) is 60.7 Å². The standard InChI is InChI=1S/C20H23NO4/c1-24-19(22)14-18(13-12-16-8-4-2-5-9-16)21-20(23)25-15-17-10-6-3-7-11-17/h2-11,18H,12-15H2,1H3,(H,21,23)/t18-/m0/s1. The van der Waals surface area contributed by atoms with Crippen LogP contribution in [0.2, 0.25) is 0 Å². The summed E-state index contributed by atoms with van der Waals surface area (Å²) in [4.78, 5) is 23.6. The highest BCUT2D eigenvalue weighted by Crippen LogP contribution is 2.09. The van der Waals surface area contributed by atoms with Gasteiger partial charge in [-0.3, -0.25) is 4.79 Å². The quantitative estimate of drug-likeness (QED) is 0.747. The number of hydrogen-bond acceptors (Lipinski definition) is 4. The molecule has 0 spiro atoms. The average molecular weight is 341 g/mol. The summed E-state index contributed by atoms with van der Waals surface area (Å²) in [5.74, 6) is -0.360. The van der Waals surface area contributed by atoms with Crippen molar-refractivity contribution in [2.45, 2.75) is 31.9 Å². The largest absolute Gasteiger partial charge is 0.469 e. The molecule has 0 aromatic heterocycles. The van der Waals surface area contributed by atoms with Gasteiger partial charge >= 0.3 is 12.1 Å². The van der Waals surface area contributed by atoms with Crippen molar-refractivity contribution in [1.29, 1.82) is 0 Å². The number of benzene rings is 2. The third kappa shape index (κ3) is 7.08. The highest BCUT2D eigenvalue weighted by atomic mass is 16.5. The number of rotatable bonds is 8. The Morgan fingerprint density at radius 3 is 2.16 bits per heavy atom. The number of methoxy groups -OCH3 is 1. The van der Waals surface area contributed by atoms with Gasteiger partial charge in [0, 0.05) is 6.04 Å². The maximum absolute atomic E-state index is 12.0. The molecule has 1 N–H and O–H groups in total. The van der Waals surface area contributed by atoms with Gasteiger partial charge in [0.15, 0.2) is 0 Å². The number of amides is 1. The van der Waals surface area contributed by atoms with Crippen LogP contribution in [0.3, 0.4) is 0 Å². The van der Waals surface area contributed by atoms with Crippen molar-refractivity contribution < 1.29 is 19.1 Å². The van der Waals surface area contributed by atoms with Gasteiger partial charge in [0.2, 0.25) is 0 Å². The maximum Gasteiger partial charge on any atom is 0.407 e. The first-order valence-corrected chi connectivity index (χ1v) is 8.25. The lowest BCUT2D eigenvalue weighted by Crippen LogP contribution is -2.37. The van der Waals surface area contributed by atoms with Crippen LogP contribution in [-0.2, 0) is 27.3 Å². The Bertz CT molecular complexity index is 658. The Balaban J connectivity index is 1.85. The summed E-state index contributed by atoms with van der Waals surface area (Å²) in [5, 5.41) is 2.76. The summed E-state index contributed by atoms with van der Waals surface area (Å²) >= 11 is 0. The maximum atomic E-state index is 12.0. The molecule has 0 bridgehead atoms. The van der Waals surface area contributed by atoms with Gasteiger partial charge in [0.25, 0.3) is 0 Å². The molecule has 0 fully saturated rings. The predicted octanol–water partition coefficient (Wildman–Crippen LogP) is 3.48. The summed E-state index contributed by atoms with van der Waals surface area (Å²) in [6, 6.07) is 19.0. The molecule has 0 aliphatic heterocycles. The van der Waals surface area contributed by atoms with Gasteiger partial charge in [0.05, 0.1) is 13.5 Å². The number of nitrogens with one attached hydrogen (secondary N) is 1. The minimum Gasteiger partial charge on any atom is -0.469 e. The summed E-state index contributed by atoms with van der Waals surface area (Å²) in [6.45, 7) is 0.191. The van der Waals surface area contributed by atoms with E-state index >= 15 is 0 Å². The van der Waals surface area contributed by atoms with E-state index in [9.17, 15) is 9.59 Å². The van der Waals surface area contributed by atoms with E-state index in [1.165, 1.54) is 7.11 Å². The molecule has 25 heavy (non-hydrogen) atoms. The van der Waals surface area contributed by atoms with E-state index in [0.717, 1.165) is 17.5 Å². The number of carbonyl (C=O) groups is 2. The van der Waals surface area contributed by atoms with Crippen molar-refractivity contribution in [3.8, 4) is 0 Å². The molecule has 132 valence electrons. The van der Waals surface area contributed by atoms with E-state index in [2.05, 4.69) is 5.32 Å². The van der Waals surface area contributed by atoms with Crippen LogP contribution in [0.4, 0.5) is 4.79 Å². The smallest absolute Gasteiger partial charge is 0.407 e. The molecule has 0 heterocycles. The zero-order valence-electron chi connectivity index (χ0n) is 14.3. The molecule has 0 saturated carbocycles. The summed E-state index contributed by atoms with van der Waals surface area (Å²) in [6.07, 6.45) is 0.955. The highest BCUT2D eigenvalue weighted by molar-refractivity contribution is 5.72. The van der Waals surface area contributed by atoms with Crippen molar-refractivity contribution in [3.05, 3.63) is 71.8 Å². The van der Waals surface area contributed by atoms with Crippen LogP contribution in [0.15, 0.2) is 60.7 Å². The molecular formula is C20H23NO4. The molecule has 2 rings (SSSR count). The van der Waals surface area contributed by atoms with E-state index in [1.54, 1.807) is 0 Å². The van der Waals surface area contributed by atoms with Crippen molar-refractivity contribution in [3.63, 3.8) is 0 Å². The average Bonchev–Trinajstić information content (AvgIpc) is 2.66. The zero-order valence-corrected chi connectivity index (χ0v) is 14.3. The number of ether oxygens (including phenoxy) is 2. The lowest BCUT2D eigenvalue weighted by atomic mass is 10.0. The van der Waals surface area contributed by atoms with Crippen molar-refractivity contribution in [1.82, 2.24) is 5.32 Å². The Morgan fingerprint density at radius 2 is 1.56 bits per heavy atom. The number of hydrogen-bond donors (Lipinski definition) is 1. The highest BCUT2D eigenvalue weighted by Gasteiger charge is 2.17. The summed E-state index contributed by atoms with van der Waals surface area (Å²) in [5.41, 5.74) is 2.06. The minimum absolute atomic E-state index is 0.115. The molecular weight excluding hydrogens is 318 g/mol. The van der Waals surface area contributed by atoms with Crippen molar-refractivity contribution in [2.24, 2.45) is 0 Å². The first-order valence-electron chi connectivity index (χ1n) is 8.25. The number of aryl methyl sites for hydroxylation is 1. The number of alkyl carbamates (subject to hydrolysis) is 1. The normalized spacial score (nSPS) is 11.4. The molecule has 2 aromatic carbocycles. The Morgan fingerprint density at radius 1 is 0.960 bits per heavy atom. The molecule has 5 nitrogen and oxygen atoms in total. The SMILES string of the molecule is COC(=O)C[C@H](CCc1ccccc1)NC(=O)OCc1ccccc1. The van der Waals surface area contributed by atoms with Crippen LogP contribution in [0.1, 0.15) is 24.0 Å². The lowest BCUT2D eigenvalue weighted by Gasteiger charge is -2.17. The molecule has 0 radical (unpaired) electrons. The van der Waals surface area contributed by atoms with Gasteiger partial charge in [-0.15, -0.1) is 0 Å². The van der Waals surface area contributed by atoms with Crippen LogP contribution in [0.25, 0.3) is 0 Å². The zero-order chi connectivity index (χ0) is 17.9. The van der Waals surface area contributed by atoms with E-state index in [-0.39, 0.29) is 25.0 Å². The Labute approximate surface area is 148 Å². The molecule has 1 amide bonds. The van der Waals surface area contributed by atoms with Gasteiger partial charge in [0.1, 0.15) is 6.61 Å². The molecule has 2 aromatic rings. The molecule has 0 unspecified atom stereocenters. The fourth-order valence-corrected chi connectivity index (χ4v) is 2.43. The van der Waals surface area contributed by atoms with Crippen LogP contribution in [-0.4, -0.2) is 25.2 Å². The Kier molecular flexibility index (Phi) is 7.50. The van der Waals surface area contributed by atoms with Gasteiger partial charge in [-0.25, -0.2) is 4.79 Å². The molecule has 0 aliphatic carbocycles. The molecule has 5 heteroatoms. The lowest BCUT2D eigenvalue weighted by molar-refractivity contribution is -0.141. The fourth-order valence-electron chi connectivity index (χ4n) is 2.43. The third-order valence-corrected chi connectivity index (χ3v) is 3.80. The monoisotopic (exact) mass is 341 g/mol. The Hall–Kier alpha value is -2.82. The van der Waals surface area contributed by atoms with E-state index in [4.69, 9.17) is 9.47 Å². The molecule has 1 atom stereocenters. The van der Waals surface area contributed by atoms with E-state index in [0.29, 0.717) is 6.42 Å². The topological polar surface area (TPSA) is 64.6 Å². The predicted molar refractivity (Wildman–Crippen MR) is 94.9 cm³/mol. The van der Waals surface area contributed by atoms with Crippen molar-refractivity contribution in [2.75, 3.05) is 7.11 Å². The third-order valence-electron chi connectivity index (χ3n) is 3.80. The van der Waals surface area contributed by atoms with Crippen LogP contribution >= 0.6 is 0 Å². The van der Waals surface area contributed by atoms with Crippen molar-refractivity contribution >= 4 is 12.1 Å². The van der Waals surface area contributed by atoms with Gasteiger partial charge in [-0.05, 0) is 24.0 Å². The second kappa shape index (κ2) is 10.1. The first kappa shape index (κ1) is 18.5. The van der Waals surface area contributed by atoms with E-state index < -0.39 is 6.09 Å². The molecule has 0 aliphatic rings. The number of carbonyl (C=O) groups excluding carboxylic acids is 2. The summed E-state index contributed by atoms with van der Waals surface area (Å²) in [7, 11) is 1.34. The van der Waals surface area contributed by atoms with Crippen LogP contribution in [0.5, 0.6) is 0 Å². The second-order valence-corrected chi connectivity index (χ2v) is 5.71. The van der Waals surface area contributed by atoms with Gasteiger partial charge < -0.3 is 14.8 Å². The fraction of sp³-hybridized carbons (Fsp3) is 0.300. The van der Waals surface area contributed by atoms with Gasteiger partial charge in [-0.2, -0.15) is 0 Å². The summed E-state index contributed by atoms with van der Waals surface area (Å²) < 4.78 is 9.94. The molecule has 0 saturated heterocycles. The first-order chi connectivity index (χ1) is 12.2. The minimum atomic E-state index is -0.536. The van der Waals surface area contributed by atoms with E-state index in [1.807, 2.05) is 60.7 Å².